The summed E-state index contributed by atoms with van der Waals surface area (Å²) >= 11 is 0. The number of amides is 6. The number of nitrogens with one attached hydrogen (secondary N) is 4. The average Bonchev–Trinajstić information content (AvgIpc) is 3.73. The summed E-state index contributed by atoms with van der Waals surface area (Å²) in [5.41, 5.74) is -2.23. The van der Waals surface area contributed by atoms with Crippen LogP contribution in [0.3, 0.4) is 0 Å². The summed E-state index contributed by atoms with van der Waals surface area (Å²) in [6, 6.07) is 5.46. The third-order valence-corrected chi connectivity index (χ3v) is 8.38. The predicted octanol–water partition coefficient (Wildman–Crippen LogP) is 2.38. The summed E-state index contributed by atoms with van der Waals surface area (Å²) in [5.74, 6) is -2.84. The molecule has 1 aliphatic carbocycles. The molecular weight excluding hydrogens is 693 g/mol. The lowest BCUT2D eigenvalue weighted by Crippen LogP contribution is -2.57. The van der Waals surface area contributed by atoms with E-state index in [9.17, 15) is 51.9 Å². The van der Waals surface area contributed by atoms with Crippen LogP contribution in [0.1, 0.15) is 78.3 Å². The van der Waals surface area contributed by atoms with Crippen LogP contribution in [0.5, 0.6) is 0 Å². The van der Waals surface area contributed by atoms with Gasteiger partial charge in [0.2, 0.25) is 29.6 Å². The first-order chi connectivity index (χ1) is 24.2. The van der Waals surface area contributed by atoms with Crippen LogP contribution in [0.15, 0.2) is 30.3 Å². The second kappa shape index (κ2) is 19.2. The van der Waals surface area contributed by atoms with Gasteiger partial charge in [0.1, 0.15) is 18.1 Å². The smallest absolute Gasteiger partial charge is 0.427 e. The largest absolute Gasteiger partial charge is 0.434 e. The zero-order valence-electron chi connectivity index (χ0n) is 30.1. The van der Waals surface area contributed by atoms with Crippen molar-refractivity contribution in [1.82, 2.24) is 31.2 Å². The van der Waals surface area contributed by atoms with E-state index in [1.165, 1.54) is 17.7 Å². The predicted molar refractivity (Wildman–Crippen MR) is 179 cm³/mol. The minimum Gasteiger partial charge on any atom is -0.434 e. The van der Waals surface area contributed by atoms with E-state index < -0.39 is 72.1 Å². The molecule has 4 atom stereocenters. The lowest BCUT2D eigenvalue weighted by molar-refractivity contribution is -0.244. The third-order valence-electron chi connectivity index (χ3n) is 8.38. The minimum atomic E-state index is -4.75. The topological polar surface area (TPSA) is 204 Å². The molecule has 290 valence electrons. The Morgan fingerprint density at radius 1 is 1.00 bits per heavy atom. The van der Waals surface area contributed by atoms with Gasteiger partial charge in [-0.3, -0.25) is 34.0 Å². The van der Waals surface area contributed by atoms with Gasteiger partial charge in [0.25, 0.3) is 11.8 Å². The van der Waals surface area contributed by atoms with Gasteiger partial charge >= 0.3 is 12.3 Å². The van der Waals surface area contributed by atoms with Gasteiger partial charge in [-0.15, -0.1) is 0 Å². The molecule has 2 fully saturated rings. The molecule has 4 unspecified atom stereocenters. The van der Waals surface area contributed by atoms with Crippen molar-refractivity contribution in [3.63, 3.8) is 0 Å². The van der Waals surface area contributed by atoms with Crippen LogP contribution in [0, 0.1) is 11.8 Å². The molecule has 1 heterocycles. The lowest BCUT2D eigenvalue weighted by atomic mass is 10.0. The second-order valence-electron chi connectivity index (χ2n) is 13.7. The number of carbonyl (C=O) groups excluding carboxylic acids is 7. The molecule has 0 radical (unpaired) electrons. The number of likely N-dealkylation sites (N-methyl/N-ethyl adjacent to an activating group) is 1. The number of halogens is 3. The standard InChI is InChI=1S/C21H34F3N3O4.C13H15N3O5/c1-12(2)16(26-19(30)31-20(4,5)21(22,23)24)18(29)27-10-6-7-15(27)17(28)25-13(3)11-14-8-9-14;1-16(21)13(20)12(9-5-3-2-4-6-9)15-10(18)7-14-11(19)8-17/h12-16H,6-11H2,1-5H3,(H,25,28)(H,26,30);2-6,8,12,21H,7H2,1H3,(H,14,19)(H,15,18). The molecule has 1 saturated heterocycles. The molecule has 1 aliphatic heterocycles. The number of carbonyl (C=O) groups is 7. The normalized spacial score (nSPS) is 17.4. The fraction of sp³-hybridized carbons (Fsp3) is 0.618. The number of alkyl carbamates (subject to hydrolysis) is 1. The van der Waals surface area contributed by atoms with Crippen molar-refractivity contribution in [2.75, 3.05) is 20.1 Å². The molecule has 1 saturated carbocycles. The zero-order valence-corrected chi connectivity index (χ0v) is 30.1. The summed E-state index contributed by atoms with van der Waals surface area (Å²) in [6.45, 7) is 6.64. The highest BCUT2D eigenvalue weighted by molar-refractivity contribution is 6.24. The van der Waals surface area contributed by atoms with Gasteiger partial charge in [-0.25, -0.2) is 9.86 Å². The minimum absolute atomic E-state index is 0.0103. The van der Waals surface area contributed by atoms with Crippen LogP contribution >= 0.6 is 0 Å². The van der Waals surface area contributed by atoms with Gasteiger partial charge in [-0.05, 0) is 57.4 Å². The molecule has 1 aromatic rings. The van der Waals surface area contributed by atoms with Gasteiger partial charge in [0.05, 0.1) is 6.54 Å². The van der Waals surface area contributed by atoms with Crippen molar-refractivity contribution >= 4 is 41.9 Å². The van der Waals surface area contributed by atoms with Crippen LogP contribution in [-0.4, -0.2) is 107 Å². The first kappa shape index (κ1) is 43.4. The molecular formula is C34H49F3N6O9. The average molecular weight is 743 g/mol. The molecule has 0 aromatic heterocycles. The fourth-order valence-electron chi connectivity index (χ4n) is 5.23. The summed E-state index contributed by atoms with van der Waals surface area (Å²) in [4.78, 5) is 83.8. The molecule has 1 aromatic carbocycles. The Morgan fingerprint density at radius 3 is 2.13 bits per heavy atom. The molecule has 0 spiro atoms. The number of benzene rings is 1. The highest BCUT2D eigenvalue weighted by atomic mass is 19.4. The molecule has 3 rings (SSSR count). The highest BCUT2D eigenvalue weighted by Crippen LogP contribution is 2.34. The van der Waals surface area contributed by atoms with Crippen LogP contribution in [0.4, 0.5) is 18.0 Å². The van der Waals surface area contributed by atoms with E-state index in [2.05, 4.69) is 26.0 Å². The Balaban J connectivity index is 0.000000389. The second-order valence-corrected chi connectivity index (χ2v) is 13.7. The lowest BCUT2D eigenvalue weighted by Gasteiger charge is -2.32. The van der Waals surface area contributed by atoms with E-state index in [0.717, 1.165) is 27.3 Å². The van der Waals surface area contributed by atoms with E-state index in [1.807, 2.05) is 6.92 Å². The Labute approximate surface area is 300 Å². The number of hydrogen-bond acceptors (Lipinski definition) is 9. The summed E-state index contributed by atoms with van der Waals surface area (Å²) in [7, 11) is 1.14. The monoisotopic (exact) mass is 742 g/mol. The molecule has 18 heteroatoms. The number of hydroxylamine groups is 2. The van der Waals surface area contributed by atoms with E-state index in [4.69, 9.17) is 0 Å². The molecule has 6 amide bonds. The molecule has 5 N–H and O–H groups in total. The maximum absolute atomic E-state index is 13.1. The van der Waals surface area contributed by atoms with Gasteiger partial charge < -0.3 is 30.9 Å². The van der Waals surface area contributed by atoms with Crippen LogP contribution in [0.2, 0.25) is 0 Å². The third kappa shape index (κ3) is 13.4. The Bertz CT molecular complexity index is 1420. The Hall–Kier alpha value is -4.74. The molecule has 2 aliphatic rings. The Morgan fingerprint density at radius 2 is 1.62 bits per heavy atom. The van der Waals surface area contributed by atoms with Gasteiger partial charge in [0.15, 0.2) is 0 Å². The maximum Gasteiger partial charge on any atom is 0.427 e. The first-order valence-corrected chi connectivity index (χ1v) is 16.9. The van der Waals surface area contributed by atoms with E-state index in [-0.39, 0.29) is 18.2 Å². The summed E-state index contributed by atoms with van der Waals surface area (Å²) in [6.07, 6.45) is -1.64. The van der Waals surface area contributed by atoms with Crippen molar-refractivity contribution in [3.05, 3.63) is 35.9 Å². The van der Waals surface area contributed by atoms with Gasteiger partial charge in [-0.2, -0.15) is 13.2 Å². The van der Waals surface area contributed by atoms with Crippen molar-refractivity contribution in [2.24, 2.45) is 11.8 Å². The maximum atomic E-state index is 13.1. The highest BCUT2D eigenvalue weighted by Gasteiger charge is 2.51. The number of ether oxygens (including phenoxy) is 1. The number of aldehydes is 1. The number of alkyl halides is 3. The van der Waals surface area contributed by atoms with Crippen LogP contribution < -0.4 is 21.3 Å². The number of rotatable bonds is 14. The van der Waals surface area contributed by atoms with Gasteiger partial charge in [0, 0.05) is 19.6 Å². The van der Waals surface area contributed by atoms with Gasteiger partial charge in [-0.1, -0.05) is 57.0 Å². The van der Waals surface area contributed by atoms with E-state index in [0.29, 0.717) is 35.9 Å². The summed E-state index contributed by atoms with van der Waals surface area (Å²) in [5, 5.41) is 19.3. The zero-order chi connectivity index (χ0) is 39.4. The number of hydrogen-bond donors (Lipinski definition) is 5. The quantitative estimate of drug-likeness (QED) is 0.0821. The van der Waals surface area contributed by atoms with E-state index >= 15 is 0 Å². The molecule has 52 heavy (non-hydrogen) atoms. The van der Waals surface area contributed by atoms with Crippen LogP contribution in [-0.2, 0) is 33.5 Å². The number of nitrogens with zero attached hydrogens (tertiary/aromatic N) is 2. The van der Waals surface area contributed by atoms with E-state index in [1.54, 1.807) is 44.2 Å². The first-order valence-electron chi connectivity index (χ1n) is 16.9. The summed E-state index contributed by atoms with van der Waals surface area (Å²) < 4.78 is 43.5. The molecule has 15 nitrogen and oxygen atoms in total. The van der Waals surface area contributed by atoms with Crippen molar-refractivity contribution < 1.29 is 56.7 Å². The number of likely N-dealkylation sites (tertiary alicyclic amines) is 1. The van der Waals surface area contributed by atoms with Crippen molar-refractivity contribution in [1.29, 1.82) is 0 Å². The van der Waals surface area contributed by atoms with Crippen molar-refractivity contribution in [3.8, 4) is 0 Å². The fourth-order valence-corrected chi connectivity index (χ4v) is 5.23. The SMILES string of the molecule is CC(CC1CC1)NC(=O)C1CCCN1C(=O)C(NC(=O)OC(C)(C)C(F)(F)F)C(C)C.CN(O)C(=O)C(NC(=O)CNC(=O)C=O)c1ccccc1. The van der Waals surface area contributed by atoms with Crippen molar-refractivity contribution in [2.45, 2.75) is 103 Å². The van der Waals surface area contributed by atoms with Crippen LogP contribution in [0.25, 0.3) is 0 Å². The molecule has 0 bridgehead atoms. The Kier molecular flexibility index (Phi) is 16.0.